The summed E-state index contributed by atoms with van der Waals surface area (Å²) in [6.45, 7) is 11.8. The minimum Gasteiger partial charge on any atom is -0.481 e. The summed E-state index contributed by atoms with van der Waals surface area (Å²) >= 11 is 0. The minimum atomic E-state index is -0.708. The maximum Gasteiger partial charge on any atom is 0.304 e. The van der Waals surface area contributed by atoms with Gasteiger partial charge in [0.05, 0.1) is 6.42 Å². The Morgan fingerprint density at radius 3 is 1.84 bits per heavy atom. The standard InChI is InChI=1S/C20H41NO4/c1-5-9-15-24-20(25-16-10-6-2)14-12-11-13-18(17-19(22)23)21(7-3)8-4/h18,20H,5-17H2,1-4H3,(H,22,23). The largest absolute Gasteiger partial charge is 0.481 e. The number of ether oxygens (including phenoxy) is 2. The lowest BCUT2D eigenvalue weighted by atomic mass is 10.0. The van der Waals surface area contributed by atoms with Crippen LogP contribution in [0.4, 0.5) is 0 Å². The molecule has 0 amide bonds. The highest BCUT2D eigenvalue weighted by molar-refractivity contribution is 5.67. The summed E-state index contributed by atoms with van der Waals surface area (Å²) in [6, 6.07) is 0.132. The van der Waals surface area contributed by atoms with E-state index in [0.29, 0.717) is 0 Å². The lowest BCUT2D eigenvalue weighted by molar-refractivity contribution is -0.148. The van der Waals surface area contributed by atoms with E-state index in [4.69, 9.17) is 14.6 Å². The second-order valence-corrected chi connectivity index (χ2v) is 6.64. The smallest absolute Gasteiger partial charge is 0.304 e. The normalized spacial score (nSPS) is 12.9. The highest BCUT2D eigenvalue weighted by Crippen LogP contribution is 2.16. The molecule has 0 aromatic heterocycles. The Kier molecular flexibility index (Phi) is 16.4. The highest BCUT2D eigenvalue weighted by atomic mass is 16.7. The van der Waals surface area contributed by atoms with Crippen LogP contribution in [-0.2, 0) is 14.3 Å². The van der Waals surface area contributed by atoms with Crippen molar-refractivity contribution in [3.8, 4) is 0 Å². The molecule has 0 radical (unpaired) electrons. The third-order valence-corrected chi connectivity index (χ3v) is 4.57. The second kappa shape index (κ2) is 16.8. The molecule has 5 nitrogen and oxygen atoms in total. The van der Waals surface area contributed by atoms with Gasteiger partial charge < -0.3 is 19.5 Å². The fourth-order valence-electron chi connectivity index (χ4n) is 2.98. The number of nitrogens with zero attached hydrogens (tertiary/aromatic N) is 1. The Labute approximate surface area is 155 Å². The number of unbranched alkanes of at least 4 members (excludes halogenated alkanes) is 3. The fraction of sp³-hybridized carbons (Fsp3) is 0.950. The van der Waals surface area contributed by atoms with Crippen LogP contribution < -0.4 is 0 Å². The predicted molar refractivity (Wildman–Crippen MR) is 103 cm³/mol. The van der Waals surface area contributed by atoms with E-state index in [0.717, 1.165) is 77.7 Å². The van der Waals surface area contributed by atoms with Crippen LogP contribution in [0.25, 0.3) is 0 Å². The molecule has 5 heteroatoms. The predicted octanol–water partition coefficient (Wildman–Crippen LogP) is 4.69. The zero-order valence-corrected chi connectivity index (χ0v) is 17.0. The van der Waals surface area contributed by atoms with E-state index in [2.05, 4.69) is 32.6 Å². The molecule has 0 aromatic rings. The van der Waals surface area contributed by atoms with Crippen LogP contribution in [0.5, 0.6) is 0 Å². The van der Waals surface area contributed by atoms with Crippen molar-refractivity contribution in [2.45, 2.75) is 97.8 Å². The van der Waals surface area contributed by atoms with Crippen molar-refractivity contribution < 1.29 is 19.4 Å². The van der Waals surface area contributed by atoms with Crippen LogP contribution in [0.3, 0.4) is 0 Å². The number of carboxylic acid groups (broad SMARTS) is 1. The van der Waals surface area contributed by atoms with E-state index in [9.17, 15) is 4.79 Å². The molecule has 1 unspecified atom stereocenters. The summed E-state index contributed by atoms with van der Waals surface area (Å²) in [4.78, 5) is 13.4. The molecule has 0 aromatic carbocycles. The Morgan fingerprint density at radius 2 is 1.40 bits per heavy atom. The van der Waals surface area contributed by atoms with Gasteiger partial charge in [-0.05, 0) is 45.2 Å². The fourth-order valence-corrected chi connectivity index (χ4v) is 2.98. The number of carboxylic acids is 1. The molecule has 0 saturated carbocycles. The summed E-state index contributed by atoms with van der Waals surface area (Å²) in [7, 11) is 0. The Balaban J connectivity index is 4.24. The van der Waals surface area contributed by atoms with E-state index in [1.807, 2.05) is 0 Å². The van der Waals surface area contributed by atoms with Gasteiger partial charge in [-0.1, -0.05) is 47.0 Å². The lowest BCUT2D eigenvalue weighted by Crippen LogP contribution is -2.36. The molecule has 0 aliphatic rings. The number of aliphatic carboxylic acids is 1. The van der Waals surface area contributed by atoms with E-state index in [-0.39, 0.29) is 18.8 Å². The molecule has 150 valence electrons. The summed E-state index contributed by atoms with van der Waals surface area (Å²) < 4.78 is 11.7. The first-order chi connectivity index (χ1) is 12.1. The third kappa shape index (κ3) is 13.2. The van der Waals surface area contributed by atoms with E-state index < -0.39 is 5.97 Å². The van der Waals surface area contributed by atoms with Crippen LogP contribution in [0.1, 0.15) is 85.5 Å². The van der Waals surface area contributed by atoms with Crippen LogP contribution in [-0.4, -0.2) is 54.6 Å². The molecule has 0 aliphatic heterocycles. The number of hydrogen-bond acceptors (Lipinski definition) is 4. The summed E-state index contributed by atoms with van der Waals surface area (Å²) in [5.41, 5.74) is 0. The van der Waals surface area contributed by atoms with E-state index in [1.165, 1.54) is 0 Å². The minimum absolute atomic E-state index is 0.107. The molecule has 0 saturated heterocycles. The van der Waals surface area contributed by atoms with Gasteiger partial charge in [0.25, 0.3) is 0 Å². The van der Waals surface area contributed by atoms with Crippen LogP contribution in [0.2, 0.25) is 0 Å². The van der Waals surface area contributed by atoms with Crippen molar-refractivity contribution in [1.29, 1.82) is 0 Å². The average molecular weight is 360 g/mol. The maximum absolute atomic E-state index is 11.1. The molecular formula is C20H41NO4. The zero-order chi connectivity index (χ0) is 18.9. The molecule has 0 rings (SSSR count). The highest BCUT2D eigenvalue weighted by Gasteiger charge is 2.19. The van der Waals surface area contributed by atoms with Gasteiger partial charge in [-0.15, -0.1) is 0 Å². The number of rotatable bonds is 18. The number of hydrogen-bond donors (Lipinski definition) is 1. The Bertz CT molecular complexity index is 298. The van der Waals surface area contributed by atoms with Crippen LogP contribution >= 0.6 is 0 Å². The summed E-state index contributed by atoms with van der Waals surface area (Å²) in [6.07, 6.45) is 8.35. The molecule has 0 aliphatic carbocycles. The Morgan fingerprint density at radius 1 is 0.880 bits per heavy atom. The van der Waals surface area contributed by atoms with Gasteiger partial charge in [-0.2, -0.15) is 0 Å². The monoisotopic (exact) mass is 359 g/mol. The van der Waals surface area contributed by atoms with Crippen LogP contribution in [0.15, 0.2) is 0 Å². The molecule has 0 fully saturated rings. The maximum atomic E-state index is 11.1. The van der Waals surface area contributed by atoms with Crippen molar-refractivity contribution in [3.05, 3.63) is 0 Å². The average Bonchev–Trinajstić information content (AvgIpc) is 2.58. The zero-order valence-electron chi connectivity index (χ0n) is 17.0. The SMILES string of the molecule is CCCCOC(CCCCC(CC(=O)O)N(CC)CC)OCCCC. The molecule has 0 spiro atoms. The molecular weight excluding hydrogens is 318 g/mol. The van der Waals surface area contributed by atoms with Crippen molar-refractivity contribution in [1.82, 2.24) is 4.90 Å². The topological polar surface area (TPSA) is 59.0 Å². The van der Waals surface area contributed by atoms with Gasteiger partial charge in [0.15, 0.2) is 6.29 Å². The quantitative estimate of drug-likeness (QED) is 0.284. The van der Waals surface area contributed by atoms with Gasteiger partial charge in [-0.3, -0.25) is 4.79 Å². The van der Waals surface area contributed by atoms with Crippen molar-refractivity contribution in [2.24, 2.45) is 0 Å². The summed E-state index contributed by atoms with van der Waals surface area (Å²) in [5, 5.41) is 9.14. The molecule has 1 atom stereocenters. The van der Waals surface area contributed by atoms with Crippen molar-refractivity contribution in [2.75, 3.05) is 26.3 Å². The van der Waals surface area contributed by atoms with E-state index in [1.54, 1.807) is 0 Å². The Hall–Kier alpha value is -0.650. The van der Waals surface area contributed by atoms with Gasteiger partial charge in [-0.25, -0.2) is 0 Å². The lowest BCUT2D eigenvalue weighted by Gasteiger charge is -2.28. The van der Waals surface area contributed by atoms with Crippen molar-refractivity contribution >= 4 is 5.97 Å². The van der Waals surface area contributed by atoms with Gasteiger partial charge >= 0.3 is 5.97 Å². The molecule has 1 N–H and O–H groups in total. The first-order valence-electron chi connectivity index (χ1n) is 10.3. The third-order valence-electron chi connectivity index (χ3n) is 4.57. The summed E-state index contributed by atoms with van der Waals surface area (Å²) in [5.74, 6) is -0.708. The molecule has 0 bridgehead atoms. The number of carbonyl (C=O) groups is 1. The van der Waals surface area contributed by atoms with Crippen molar-refractivity contribution in [3.63, 3.8) is 0 Å². The van der Waals surface area contributed by atoms with Gasteiger partial charge in [0.2, 0.25) is 0 Å². The first-order valence-corrected chi connectivity index (χ1v) is 10.3. The first kappa shape index (κ1) is 24.4. The van der Waals surface area contributed by atoms with E-state index >= 15 is 0 Å². The molecule has 0 heterocycles. The van der Waals surface area contributed by atoms with Gasteiger partial charge in [0.1, 0.15) is 0 Å². The van der Waals surface area contributed by atoms with Crippen LogP contribution in [0, 0.1) is 0 Å². The van der Waals surface area contributed by atoms with Gasteiger partial charge in [0, 0.05) is 19.3 Å². The second-order valence-electron chi connectivity index (χ2n) is 6.64. The molecule has 25 heavy (non-hydrogen) atoms.